The van der Waals surface area contributed by atoms with Gasteiger partial charge in [0.15, 0.2) is 0 Å². The van der Waals surface area contributed by atoms with Gasteiger partial charge in [0.25, 0.3) is 0 Å². The van der Waals surface area contributed by atoms with Gasteiger partial charge in [-0.2, -0.15) is 0 Å². The van der Waals surface area contributed by atoms with Crippen LogP contribution in [0, 0.1) is 0 Å². The van der Waals surface area contributed by atoms with Crippen molar-refractivity contribution in [1.29, 1.82) is 0 Å². The van der Waals surface area contributed by atoms with Gasteiger partial charge in [-0.3, -0.25) is 0 Å². The van der Waals surface area contributed by atoms with Gasteiger partial charge in [0.1, 0.15) is 0 Å². The van der Waals surface area contributed by atoms with E-state index in [1.54, 1.807) is 27.1 Å². The van der Waals surface area contributed by atoms with Gasteiger partial charge < -0.3 is 24.8 Å². The van der Waals surface area contributed by atoms with E-state index >= 15 is 0 Å². The molecule has 6 aromatic carbocycles. The van der Waals surface area contributed by atoms with Crippen LogP contribution in [0.4, 0.5) is 0 Å². The number of halogens is 2. The average Bonchev–Trinajstić information content (AvgIpc) is 3.60. The van der Waals surface area contributed by atoms with Crippen LogP contribution in [0.2, 0.25) is 0 Å². The third-order valence-corrected chi connectivity index (χ3v) is 25.0. The minimum absolute atomic E-state index is 0. The summed E-state index contributed by atoms with van der Waals surface area (Å²) < 4.78 is 0.501. The van der Waals surface area contributed by atoms with Crippen molar-refractivity contribution >= 4 is 33.1 Å². The van der Waals surface area contributed by atoms with E-state index in [0.29, 0.717) is 3.63 Å². The summed E-state index contributed by atoms with van der Waals surface area (Å²) in [6.07, 6.45) is 2.50. The van der Waals surface area contributed by atoms with Crippen molar-refractivity contribution in [3.63, 3.8) is 0 Å². The standard InChI is InChI=1S/C35H35.C12H11Si.2ClH.Zr/c1-21-16-29-26-11-9-8-10-22(26)13-15-27(29)33(21)32-20-25(35(5,6)7)19-31-28-18-24(34(2,3)4)14-12-23(28)17-30(31)32;1-3-7-11(8-4-1)13-12-9-5-2-6-10-12;;;/h8-20,33H,1-7H3;1-10,13H;2*1H;/q;;;;+2/p-2. The molecular weight excluding hydrogens is 755 g/mol. The average molecular weight is 801 g/mol. The largest absolute Gasteiger partial charge is 1.00 e. The molecule has 4 heteroatoms. The fraction of sp³-hybridized carbons (Fsp3) is 0.234. The van der Waals surface area contributed by atoms with Crippen molar-refractivity contribution in [1.82, 2.24) is 0 Å². The van der Waals surface area contributed by atoms with Crippen molar-refractivity contribution in [2.24, 2.45) is 0 Å². The van der Waals surface area contributed by atoms with Crippen molar-refractivity contribution in [3.05, 3.63) is 172 Å². The minimum Gasteiger partial charge on any atom is -1.00 e. The van der Waals surface area contributed by atoms with Crippen LogP contribution in [-0.2, 0) is 33.2 Å². The van der Waals surface area contributed by atoms with E-state index < -0.39 is 28.3 Å². The van der Waals surface area contributed by atoms with Gasteiger partial charge in [0, 0.05) is 0 Å². The maximum atomic E-state index is 2.63. The molecule has 0 fully saturated rings. The Hall–Kier alpha value is -3.00. The smallest absolute Gasteiger partial charge is 1.00 e. The van der Waals surface area contributed by atoms with Crippen LogP contribution in [0.15, 0.2) is 133 Å². The summed E-state index contributed by atoms with van der Waals surface area (Å²) >= 11 is -1.07. The Morgan fingerprint density at radius 3 is 1.75 bits per heavy atom. The minimum atomic E-state index is -1.43. The first-order valence-electron chi connectivity index (χ1n) is 17.9. The van der Waals surface area contributed by atoms with Crippen LogP contribution in [0.1, 0.15) is 97.0 Å². The van der Waals surface area contributed by atoms with Crippen molar-refractivity contribution in [2.75, 3.05) is 0 Å². The second-order valence-electron chi connectivity index (χ2n) is 16.3. The molecular formula is C47H46Cl2SiZr. The molecule has 2 aliphatic rings. The van der Waals surface area contributed by atoms with Gasteiger partial charge in [-0.15, -0.1) is 0 Å². The third kappa shape index (κ3) is 6.84. The van der Waals surface area contributed by atoms with Gasteiger partial charge >= 0.3 is 307 Å². The summed E-state index contributed by atoms with van der Waals surface area (Å²) in [6, 6.07) is 49.7. The van der Waals surface area contributed by atoms with Gasteiger partial charge in [-0.25, -0.2) is 0 Å². The van der Waals surface area contributed by atoms with E-state index in [4.69, 9.17) is 0 Å². The first-order valence-corrected chi connectivity index (χ1v) is 25.3. The van der Waals surface area contributed by atoms with Crippen LogP contribution in [-0.4, -0.2) is 5.92 Å². The molecule has 256 valence electrons. The predicted molar refractivity (Wildman–Crippen MR) is 210 cm³/mol. The molecule has 0 aliphatic heterocycles. The molecule has 0 aromatic heterocycles. The third-order valence-electron chi connectivity index (χ3n) is 10.9. The van der Waals surface area contributed by atoms with E-state index in [2.05, 4.69) is 182 Å². The summed E-state index contributed by atoms with van der Waals surface area (Å²) in [5.41, 5.74) is 15.1. The number of fused-ring (bicyclic) bond motifs is 6. The molecule has 2 atom stereocenters. The van der Waals surface area contributed by atoms with E-state index in [1.165, 1.54) is 49.7 Å². The van der Waals surface area contributed by atoms with Crippen LogP contribution < -0.4 is 35.2 Å². The van der Waals surface area contributed by atoms with Gasteiger partial charge in [-0.1, -0.05) is 0 Å². The molecule has 0 nitrogen and oxygen atoms in total. The fourth-order valence-electron chi connectivity index (χ4n) is 8.27. The summed E-state index contributed by atoms with van der Waals surface area (Å²) in [4.78, 5) is 0. The van der Waals surface area contributed by atoms with Gasteiger partial charge in [0.05, 0.1) is 0 Å². The number of rotatable bonds is 5. The number of allylic oxidation sites excluding steroid dienone is 1. The fourth-order valence-corrected chi connectivity index (χ4v) is 23.0. The zero-order chi connectivity index (χ0) is 34.1. The van der Waals surface area contributed by atoms with E-state index in [-0.39, 0.29) is 41.6 Å². The second-order valence-corrected chi connectivity index (χ2v) is 27.0. The summed E-state index contributed by atoms with van der Waals surface area (Å²) in [7, 11) is 0. The Morgan fingerprint density at radius 1 is 0.549 bits per heavy atom. The molecule has 2 aliphatic carbocycles. The number of hydrogen-bond donors (Lipinski definition) is 0. The molecule has 0 saturated heterocycles. The molecule has 0 heterocycles. The predicted octanol–water partition coefficient (Wildman–Crippen LogP) is 4.68. The van der Waals surface area contributed by atoms with Crippen molar-refractivity contribution in [3.8, 4) is 11.1 Å². The molecule has 0 N–H and O–H groups in total. The van der Waals surface area contributed by atoms with E-state index in [1.807, 2.05) is 0 Å². The topological polar surface area (TPSA) is 0 Å². The molecule has 6 aromatic rings. The molecule has 0 bridgehead atoms. The van der Waals surface area contributed by atoms with Crippen molar-refractivity contribution in [2.45, 2.75) is 68.8 Å². The SMILES string of the molecule is CC1=Cc2c(ccc3ccccc23)C1c1cc(C(C)(C)C)cc2c1[CH]([Zr+2][SiH](c1ccccc1)c1ccccc1)c1ccc(C(C)(C)C)cc1-2.[Cl-].[Cl-]. The molecule has 0 saturated carbocycles. The quantitative estimate of drug-likeness (QED) is 0.223. The first-order chi connectivity index (χ1) is 23.5. The van der Waals surface area contributed by atoms with Crippen LogP contribution >= 0.6 is 0 Å². The monoisotopic (exact) mass is 798 g/mol. The maximum absolute atomic E-state index is 2.63. The van der Waals surface area contributed by atoms with Crippen LogP contribution in [0.5, 0.6) is 0 Å². The molecule has 2 unspecified atom stereocenters. The van der Waals surface area contributed by atoms with Gasteiger partial charge in [-0.05, 0) is 0 Å². The summed E-state index contributed by atoms with van der Waals surface area (Å²) in [5, 5.41) is 5.90. The summed E-state index contributed by atoms with van der Waals surface area (Å²) in [6.45, 7) is 16.6. The zero-order valence-electron chi connectivity index (χ0n) is 30.7. The maximum Gasteiger partial charge on any atom is -1.00 e. The number of hydrogen-bond acceptors (Lipinski definition) is 0. The van der Waals surface area contributed by atoms with Gasteiger partial charge in [0.2, 0.25) is 0 Å². The summed E-state index contributed by atoms with van der Waals surface area (Å²) in [5.74, 6) is -1.16. The second kappa shape index (κ2) is 14.4. The van der Waals surface area contributed by atoms with E-state index in [0.717, 1.165) is 0 Å². The Balaban J connectivity index is 0.00000224. The molecule has 8 rings (SSSR count). The Bertz CT molecular complexity index is 2200. The molecule has 0 spiro atoms. The van der Waals surface area contributed by atoms with E-state index in [9.17, 15) is 0 Å². The zero-order valence-corrected chi connectivity index (χ0v) is 35.8. The number of benzene rings is 6. The van der Waals surface area contributed by atoms with Crippen LogP contribution in [0.25, 0.3) is 28.0 Å². The van der Waals surface area contributed by atoms with Crippen LogP contribution in [0.3, 0.4) is 0 Å². The Morgan fingerprint density at radius 2 is 1.12 bits per heavy atom. The normalized spacial score (nSPS) is 16.0. The molecule has 0 amide bonds. The molecule has 0 radical (unpaired) electrons. The Kier molecular flexibility index (Phi) is 10.7. The molecule has 51 heavy (non-hydrogen) atoms. The first kappa shape index (κ1) is 37.7. The Labute approximate surface area is 329 Å². The van der Waals surface area contributed by atoms with Crippen molar-refractivity contribution < 1.29 is 47.2 Å².